The van der Waals surface area contributed by atoms with Gasteiger partial charge < -0.3 is 26.6 Å². The molecule has 0 atom stereocenters. The molecule has 0 bridgehead atoms. The molecule has 0 aliphatic heterocycles. The minimum Gasteiger partial charge on any atom is -0.478 e. The van der Waals surface area contributed by atoms with Crippen molar-refractivity contribution in [2.75, 3.05) is 10.6 Å². The first kappa shape index (κ1) is 18.9. The van der Waals surface area contributed by atoms with Crippen molar-refractivity contribution in [3.63, 3.8) is 0 Å². The molecule has 0 radical (unpaired) electrons. The van der Waals surface area contributed by atoms with E-state index in [0.717, 1.165) is 0 Å². The Balaban J connectivity index is 1.97. The second kappa shape index (κ2) is 8.24. The summed E-state index contributed by atoms with van der Waals surface area (Å²) in [6, 6.07) is 18.6. The SMILES string of the molecule is NCc1ccc(Nc2ccccc2Nc2ccccc2C(=O)O)c(C(=O)O)c1. The Morgan fingerprint density at radius 2 is 1.21 bits per heavy atom. The van der Waals surface area contributed by atoms with E-state index in [4.69, 9.17) is 5.73 Å². The Kier molecular flexibility index (Phi) is 5.57. The molecule has 7 nitrogen and oxygen atoms in total. The predicted molar refractivity (Wildman–Crippen MR) is 108 cm³/mol. The fraction of sp³-hybridized carbons (Fsp3) is 0.0476. The van der Waals surface area contributed by atoms with Gasteiger partial charge in [-0.15, -0.1) is 0 Å². The van der Waals surface area contributed by atoms with E-state index in [1.165, 1.54) is 12.1 Å². The average Bonchev–Trinajstić information content (AvgIpc) is 2.70. The van der Waals surface area contributed by atoms with Crippen molar-refractivity contribution >= 4 is 34.7 Å². The van der Waals surface area contributed by atoms with Gasteiger partial charge in [0.15, 0.2) is 0 Å². The van der Waals surface area contributed by atoms with Crippen molar-refractivity contribution in [1.82, 2.24) is 0 Å². The number of para-hydroxylation sites is 3. The van der Waals surface area contributed by atoms with Crippen LogP contribution in [0.4, 0.5) is 22.7 Å². The standard InChI is InChI=1S/C21H19N3O4/c22-12-13-9-10-17(15(11-13)21(27)28)24-19-8-4-3-7-18(19)23-16-6-2-1-5-14(16)20(25)26/h1-11,23-24H,12,22H2,(H,25,26)(H,27,28). The average molecular weight is 377 g/mol. The topological polar surface area (TPSA) is 125 Å². The van der Waals surface area contributed by atoms with E-state index >= 15 is 0 Å². The molecule has 0 saturated carbocycles. The molecule has 0 fully saturated rings. The van der Waals surface area contributed by atoms with Crippen LogP contribution in [-0.2, 0) is 6.54 Å². The maximum Gasteiger partial charge on any atom is 0.337 e. The lowest BCUT2D eigenvalue weighted by atomic mass is 10.1. The molecule has 0 aliphatic carbocycles. The van der Waals surface area contributed by atoms with E-state index in [0.29, 0.717) is 28.3 Å². The van der Waals surface area contributed by atoms with Crippen LogP contribution in [0, 0.1) is 0 Å². The Morgan fingerprint density at radius 1 is 0.714 bits per heavy atom. The molecule has 142 valence electrons. The van der Waals surface area contributed by atoms with E-state index in [9.17, 15) is 19.8 Å². The highest BCUT2D eigenvalue weighted by molar-refractivity contribution is 5.98. The molecule has 7 heteroatoms. The van der Waals surface area contributed by atoms with E-state index in [1.54, 1.807) is 54.6 Å². The summed E-state index contributed by atoms with van der Waals surface area (Å²) in [7, 11) is 0. The molecular formula is C21H19N3O4. The van der Waals surface area contributed by atoms with Crippen LogP contribution < -0.4 is 16.4 Å². The minimum absolute atomic E-state index is 0.101. The fourth-order valence-corrected chi connectivity index (χ4v) is 2.77. The van der Waals surface area contributed by atoms with Gasteiger partial charge >= 0.3 is 11.9 Å². The number of hydrogen-bond acceptors (Lipinski definition) is 5. The number of nitrogens with two attached hydrogens (primary N) is 1. The zero-order valence-corrected chi connectivity index (χ0v) is 14.8. The second-order valence-electron chi connectivity index (χ2n) is 6.04. The molecular weight excluding hydrogens is 358 g/mol. The van der Waals surface area contributed by atoms with Crippen molar-refractivity contribution in [1.29, 1.82) is 0 Å². The largest absolute Gasteiger partial charge is 0.478 e. The molecule has 0 amide bonds. The summed E-state index contributed by atoms with van der Waals surface area (Å²) < 4.78 is 0. The van der Waals surface area contributed by atoms with E-state index in [2.05, 4.69) is 10.6 Å². The van der Waals surface area contributed by atoms with Gasteiger partial charge in [-0.3, -0.25) is 0 Å². The zero-order valence-electron chi connectivity index (χ0n) is 14.8. The summed E-state index contributed by atoms with van der Waals surface area (Å²) in [6.45, 7) is 0.241. The number of benzene rings is 3. The molecule has 28 heavy (non-hydrogen) atoms. The van der Waals surface area contributed by atoms with E-state index in [1.807, 2.05) is 0 Å². The summed E-state index contributed by atoms with van der Waals surface area (Å²) >= 11 is 0. The molecule has 3 aromatic rings. The summed E-state index contributed by atoms with van der Waals surface area (Å²) in [5, 5.41) is 25.1. The minimum atomic E-state index is -1.07. The molecule has 6 N–H and O–H groups in total. The number of carboxylic acid groups (broad SMARTS) is 2. The first-order valence-electron chi connectivity index (χ1n) is 8.51. The summed E-state index contributed by atoms with van der Waals surface area (Å²) in [6.07, 6.45) is 0. The maximum atomic E-state index is 11.6. The molecule has 0 spiro atoms. The molecule has 3 rings (SSSR count). The highest BCUT2D eigenvalue weighted by Gasteiger charge is 2.14. The third kappa shape index (κ3) is 4.11. The van der Waals surface area contributed by atoms with Gasteiger partial charge in [0.2, 0.25) is 0 Å². The lowest BCUT2D eigenvalue weighted by Gasteiger charge is -2.16. The van der Waals surface area contributed by atoms with Gasteiger partial charge in [0.05, 0.1) is 33.9 Å². The van der Waals surface area contributed by atoms with Crippen LogP contribution >= 0.6 is 0 Å². The number of carboxylic acids is 2. The lowest BCUT2D eigenvalue weighted by molar-refractivity contribution is 0.0687. The highest BCUT2D eigenvalue weighted by atomic mass is 16.4. The van der Waals surface area contributed by atoms with Gasteiger partial charge in [-0.25, -0.2) is 9.59 Å². The van der Waals surface area contributed by atoms with Gasteiger partial charge in [0.1, 0.15) is 0 Å². The number of aromatic carboxylic acids is 2. The summed E-state index contributed by atoms with van der Waals surface area (Å²) in [5.41, 5.74) is 8.60. The number of rotatable bonds is 7. The van der Waals surface area contributed by atoms with Crippen molar-refractivity contribution in [3.05, 3.63) is 83.4 Å². The number of nitrogens with one attached hydrogen (secondary N) is 2. The first-order chi connectivity index (χ1) is 13.5. The fourth-order valence-electron chi connectivity index (χ4n) is 2.77. The highest BCUT2D eigenvalue weighted by Crippen LogP contribution is 2.31. The van der Waals surface area contributed by atoms with Crippen molar-refractivity contribution < 1.29 is 19.8 Å². The van der Waals surface area contributed by atoms with Crippen molar-refractivity contribution in [3.8, 4) is 0 Å². The molecule has 0 saturated heterocycles. The first-order valence-corrected chi connectivity index (χ1v) is 8.51. The van der Waals surface area contributed by atoms with Gasteiger partial charge in [-0.05, 0) is 42.0 Å². The maximum absolute atomic E-state index is 11.6. The van der Waals surface area contributed by atoms with Gasteiger partial charge in [0.25, 0.3) is 0 Å². The van der Waals surface area contributed by atoms with Crippen LogP contribution in [0.15, 0.2) is 66.7 Å². The lowest BCUT2D eigenvalue weighted by Crippen LogP contribution is -2.07. The van der Waals surface area contributed by atoms with Crippen LogP contribution in [0.3, 0.4) is 0 Å². The normalized spacial score (nSPS) is 10.3. The van der Waals surface area contributed by atoms with Crippen LogP contribution in [0.2, 0.25) is 0 Å². The summed E-state index contributed by atoms with van der Waals surface area (Å²) in [5.74, 6) is -2.11. The molecule has 3 aromatic carbocycles. The predicted octanol–water partition coefficient (Wildman–Crippen LogP) is 4.03. The smallest absolute Gasteiger partial charge is 0.337 e. The van der Waals surface area contributed by atoms with Crippen molar-refractivity contribution in [2.45, 2.75) is 6.54 Å². The molecule has 0 unspecified atom stereocenters. The Labute approximate surface area is 161 Å². The van der Waals surface area contributed by atoms with Crippen LogP contribution in [-0.4, -0.2) is 22.2 Å². The van der Waals surface area contributed by atoms with Gasteiger partial charge in [0, 0.05) is 6.54 Å². The molecule has 0 aromatic heterocycles. The van der Waals surface area contributed by atoms with E-state index in [-0.39, 0.29) is 17.7 Å². The number of hydrogen-bond donors (Lipinski definition) is 5. The molecule has 0 heterocycles. The quantitative estimate of drug-likeness (QED) is 0.421. The monoisotopic (exact) mass is 377 g/mol. The third-order valence-corrected chi connectivity index (χ3v) is 4.17. The third-order valence-electron chi connectivity index (χ3n) is 4.17. The number of anilines is 4. The van der Waals surface area contributed by atoms with E-state index < -0.39 is 11.9 Å². The summed E-state index contributed by atoms with van der Waals surface area (Å²) in [4.78, 5) is 23.1. The zero-order chi connectivity index (χ0) is 20.1. The van der Waals surface area contributed by atoms with Crippen LogP contribution in [0.5, 0.6) is 0 Å². The van der Waals surface area contributed by atoms with Gasteiger partial charge in [-0.1, -0.05) is 30.3 Å². The van der Waals surface area contributed by atoms with Gasteiger partial charge in [-0.2, -0.15) is 0 Å². The number of carbonyl (C=O) groups is 2. The van der Waals surface area contributed by atoms with Crippen molar-refractivity contribution in [2.24, 2.45) is 5.73 Å². The van der Waals surface area contributed by atoms with Crippen LogP contribution in [0.1, 0.15) is 26.3 Å². The second-order valence-corrected chi connectivity index (χ2v) is 6.04. The molecule has 0 aliphatic rings. The Bertz CT molecular complexity index is 1030. The Morgan fingerprint density at radius 3 is 1.75 bits per heavy atom. The Hall–Kier alpha value is -3.84. The van der Waals surface area contributed by atoms with Crippen LogP contribution in [0.25, 0.3) is 0 Å².